The van der Waals surface area contributed by atoms with Crippen molar-refractivity contribution in [3.8, 4) is 0 Å². The van der Waals surface area contributed by atoms with Gasteiger partial charge in [-0.1, -0.05) is 24.3 Å². The summed E-state index contributed by atoms with van der Waals surface area (Å²) in [6, 6.07) is 8.25. The van der Waals surface area contributed by atoms with Gasteiger partial charge in [0.1, 0.15) is 0 Å². The molecular formula is C14H18O2. The van der Waals surface area contributed by atoms with E-state index in [9.17, 15) is 5.11 Å². The van der Waals surface area contributed by atoms with Crippen LogP contribution in [0.2, 0.25) is 0 Å². The molecule has 1 aromatic rings. The van der Waals surface area contributed by atoms with Gasteiger partial charge in [0.05, 0.1) is 12.2 Å². The predicted octanol–water partition coefficient (Wildman–Crippen LogP) is 2.46. The molecular weight excluding hydrogens is 200 g/mol. The van der Waals surface area contributed by atoms with Gasteiger partial charge in [-0.2, -0.15) is 0 Å². The Labute approximate surface area is 96.2 Å². The standard InChI is InChI=1S/C14H18O2/c15-14-11(9-12-5-3-7-16-12)8-10-4-1-2-6-13(10)14/h1-2,4,6,11-12,14-15H,3,5,7-9H2. The minimum absolute atomic E-state index is 0.277. The van der Waals surface area contributed by atoms with E-state index in [0.717, 1.165) is 25.0 Å². The van der Waals surface area contributed by atoms with Crippen molar-refractivity contribution in [2.45, 2.75) is 37.9 Å². The van der Waals surface area contributed by atoms with Gasteiger partial charge in [-0.25, -0.2) is 0 Å². The van der Waals surface area contributed by atoms with Crippen LogP contribution < -0.4 is 0 Å². The van der Waals surface area contributed by atoms with Crippen LogP contribution in [0.1, 0.15) is 36.5 Å². The summed E-state index contributed by atoms with van der Waals surface area (Å²) in [5.74, 6) is 0.362. The molecule has 0 bridgehead atoms. The molecule has 2 aliphatic rings. The normalized spacial score (nSPS) is 32.9. The highest BCUT2D eigenvalue weighted by molar-refractivity contribution is 5.34. The van der Waals surface area contributed by atoms with Crippen molar-refractivity contribution >= 4 is 0 Å². The summed E-state index contributed by atoms with van der Waals surface area (Å²) in [4.78, 5) is 0. The highest BCUT2D eigenvalue weighted by Gasteiger charge is 2.33. The van der Waals surface area contributed by atoms with Crippen LogP contribution in [-0.4, -0.2) is 17.8 Å². The Hall–Kier alpha value is -0.860. The molecule has 1 aliphatic carbocycles. The van der Waals surface area contributed by atoms with Crippen molar-refractivity contribution in [3.05, 3.63) is 35.4 Å². The summed E-state index contributed by atoms with van der Waals surface area (Å²) in [6.07, 6.45) is 4.47. The molecule has 0 amide bonds. The topological polar surface area (TPSA) is 29.5 Å². The summed E-state index contributed by atoms with van der Waals surface area (Å²) in [5.41, 5.74) is 2.45. The first-order valence-corrected chi connectivity index (χ1v) is 6.22. The maximum atomic E-state index is 10.2. The van der Waals surface area contributed by atoms with Crippen LogP contribution in [0.3, 0.4) is 0 Å². The quantitative estimate of drug-likeness (QED) is 0.826. The fourth-order valence-corrected chi connectivity index (χ4v) is 3.04. The van der Waals surface area contributed by atoms with Crippen molar-refractivity contribution < 1.29 is 9.84 Å². The fourth-order valence-electron chi connectivity index (χ4n) is 3.04. The van der Waals surface area contributed by atoms with Crippen LogP contribution in [0.5, 0.6) is 0 Å². The first-order chi connectivity index (χ1) is 7.84. The van der Waals surface area contributed by atoms with Gasteiger partial charge < -0.3 is 9.84 Å². The number of aliphatic hydroxyl groups excluding tert-OH is 1. The molecule has 3 unspecified atom stereocenters. The zero-order valence-corrected chi connectivity index (χ0v) is 9.43. The van der Waals surface area contributed by atoms with Crippen LogP contribution in [0, 0.1) is 5.92 Å². The number of fused-ring (bicyclic) bond motifs is 1. The molecule has 2 heteroatoms. The van der Waals surface area contributed by atoms with Crippen molar-refractivity contribution in [1.82, 2.24) is 0 Å². The second-order valence-electron chi connectivity index (χ2n) is 4.98. The van der Waals surface area contributed by atoms with E-state index in [4.69, 9.17) is 4.74 Å². The van der Waals surface area contributed by atoms with Crippen molar-refractivity contribution in [3.63, 3.8) is 0 Å². The van der Waals surface area contributed by atoms with E-state index in [0.29, 0.717) is 12.0 Å². The first kappa shape index (κ1) is 10.3. The van der Waals surface area contributed by atoms with Gasteiger partial charge >= 0.3 is 0 Å². The minimum Gasteiger partial charge on any atom is -0.388 e. The second kappa shape index (κ2) is 4.19. The lowest BCUT2D eigenvalue weighted by molar-refractivity contribution is 0.0512. The summed E-state index contributed by atoms with van der Waals surface area (Å²) in [6.45, 7) is 0.903. The van der Waals surface area contributed by atoms with Gasteiger partial charge in [-0.3, -0.25) is 0 Å². The number of rotatable bonds is 2. The molecule has 1 heterocycles. The molecule has 1 aliphatic heterocycles. The highest BCUT2D eigenvalue weighted by Crippen LogP contribution is 2.39. The molecule has 0 aromatic heterocycles. The number of hydrogen-bond acceptors (Lipinski definition) is 2. The molecule has 16 heavy (non-hydrogen) atoms. The van der Waals surface area contributed by atoms with Crippen molar-refractivity contribution in [1.29, 1.82) is 0 Å². The van der Waals surface area contributed by atoms with Crippen LogP contribution in [-0.2, 0) is 11.2 Å². The van der Waals surface area contributed by atoms with E-state index >= 15 is 0 Å². The molecule has 0 spiro atoms. The average molecular weight is 218 g/mol. The SMILES string of the molecule is OC1c2ccccc2CC1CC1CCCO1. The average Bonchev–Trinajstić information content (AvgIpc) is 2.90. The first-order valence-electron chi connectivity index (χ1n) is 6.22. The third kappa shape index (κ3) is 1.76. The predicted molar refractivity (Wildman–Crippen MR) is 62.2 cm³/mol. The maximum absolute atomic E-state index is 10.2. The minimum atomic E-state index is -0.277. The Morgan fingerprint density at radius 2 is 2.19 bits per heavy atom. The Bertz CT molecular complexity index is 369. The maximum Gasteiger partial charge on any atom is 0.0825 e. The smallest absolute Gasteiger partial charge is 0.0825 e. The van der Waals surface area contributed by atoms with Crippen LogP contribution in [0.25, 0.3) is 0 Å². The third-order valence-electron chi connectivity index (χ3n) is 3.89. The lowest BCUT2D eigenvalue weighted by atomic mass is 9.95. The van der Waals surface area contributed by atoms with Gasteiger partial charge in [-0.15, -0.1) is 0 Å². The van der Waals surface area contributed by atoms with E-state index < -0.39 is 0 Å². The van der Waals surface area contributed by atoms with Crippen LogP contribution in [0.15, 0.2) is 24.3 Å². The van der Waals surface area contributed by atoms with Gasteiger partial charge in [-0.05, 0) is 42.7 Å². The van der Waals surface area contributed by atoms with Crippen molar-refractivity contribution in [2.75, 3.05) is 6.61 Å². The van der Waals surface area contributed by atoms with Crippen molar-refractivity contribution in [2.24, 2.45) is 5.92 Å². The summed E-state index contributed by atoms with van der Waals surface area (Å²) < 4.78 is 5.65. The Morgan fingerprint density at radius 3 is 2.94 bits per heavy atom. The molecule has 0 saturated carbocycles. The second-order valence-corrected chi connectivity index (χ2v) is 4.98. The molecule has 2 nitrogen and oxygen atoms in total. The Kier molecular flexibility index (Phi) is 2.70. The monoisotopic (exact) mass is 218 g/mol. The molecule has 86 valence electrons. The highest BCUT2D eigenvalue weighted by atomic mass is 16.5. The molecule has 0 radical (unpaired) electrons. The summed E-state index contributed by atoms with van der Waals surface area (Å²) in [5, 5.41) is 10.2. The van der Waals surface area contributed by atoms with E-state index in [1.807, 2.05) is 6.07 Å². The third-order valence-corrected chi connectivity index (χ3v) is 3.89. The van der Waals surface area contributed by atoms with E-state index in [1.165, 1.54) is 18.4 Å². The lowest BCUT2D eigenvalue weighted by Gasteiger charge is -2.18. The molecule has 3 atom stereocenters. The largest absolute Gasteiger partial charge is 0.388 e. The zero-order chi connectivity index (χ0) is 11.0. The Morgan fingerprint density at radius 1 is 1.31 bits per heavy atom. The number of benzene rings is 1. The molecule has 1 aromatic carbocycles. The van der Waals surface area contributed by atoms with Gasteiger partial charge in [0.2, 0.25) is 0 Å². The number of hydrogen-bond donors (Lipinski definition) is 1. The zero-order valence-electron chi connectivity index (χ0n) is 9.43. The van der Waals surface area contributed by atoms with Crippen LogP contribution in [0.4, 0.5) is 0 Å². The summed E-state index contributed by atoms with van der Waals surface area (Å²) >= 11 is 0. The molecule has 1 N–H and O–H groups in total. The molecule has 3 rings (SSSR count). The van der Waals surface area contributed by atoms with E-state index in [2.05, 4.69) is 18.2 Å². The van der Waals surface area contributed by atoms with E-state index in [1.54, 1.807) is 0 Å². The molecule has 1 fully saturated rings. The lowest BCUT2D eigenvalue weighted by Crippen LogP contribution is -2.16. The number of aliphatic hydroxyl groups is 1. The van der Waals surface area contributed by atoms with E-state index in [-0.39, 0.29) is 6.10 Å². The summed E-state index contributed by atoms with van der Waals surface area (Å²) in [7, 11) is 0. The number of ether oxygens (including phenoxy) is 1. The Balaban J connectivity index is 1.71. The van der Waals surface area contributed by atoms with Gasteiger partial charge in [0, 0.05) is 6.61 Å². The van der Waals surface area contributed by atoms with Crippen LogP contribution >= 0.6 is 0 Å². The van der Waals surface area contributed by atoms with Gasteiger partial charge in [0.25, 0.3) is 0 Å². The fraction of sp³-hybridized carbons (Fsp3) is 0.571. The van der Waals surface area contributed by atoms with Gasteiger partial charge in [0.15, 0.2) is 0 Å². The molecule has 1 saturated heterocycles.